The summed E-state index contributed by atoms with van der Waals surface area (Å²) in [7, 11) is 0. The molecule has 0 saturated heterocycles. The number of nitrogens with zero attached hydrogens (tertiary/aromatic N) is 1. The Hall–Kier alpha value is -0.710. The van der Waals surface area contributed by atoms with Gasteiger partial charge in [-0.05, 0) is 0 Å². The topological polar surface area (TPSA) is 63.4 Å². The van der Waals surface area contributed by atoms with Crippen LogP contribution in [0.2, 0.25) is 0 Å². The van der Waals surface area contributed by atoms with Crippen LogP contribution >= 0.6 is 12.6 Å². The molecule has 0 heterocycles. The van der Waals surface area contributed by atoms with Crippen molar-refractivity contribution in [2.75, 3.05) is 12.3 Å². The van der Waals surface area contributed by atoms with Gasteiger partial charge in [-0.1, -0.05) is 0 Å². The van der Waals surface area contributed by atoms with Crippen molar-refractivity contribution < 1.29 is 9.59 Å². The van der Waals surface area contributed by atoms with E-state index in [1.54, 1.807) is 0 Å². The highest BCUT2D eigenvalue weighted by atomic mass is 32.1. The molecule has 0 unspecified atom stereocenters. The summed E-state index contributed by atoms with van der Waals surface area (Å²) in [5.41, 5.74) is 4.76. The zero-order chi connectivity index (χ0) is 7.28. The Morgan fingerprint density at radius 2 is 2.33 bits per heavy atom. The van der Waals surface area contributed by atoms with Gasteiger partial charge < -0.3 is 5.73 Å². The quantitative estimate of drug-likeness (QED) is 0.417. The van der Waals surface area contributed by atoms with E-state index in [1.807, 2.05) is 0 Å². The van der Waals surface area contributed by atoms with Crippen molar-refractivity contribution in [3.63, 3.8) is 0 Å². The number of rotatable bonds is 3. The predicted molar refractivity (Wildman–Crippen MR) is 36.2 cm³/mol. The summed E-state index contributed by atoms with van der Waals surface area (Å²) in [5, 5.41) is 0. The number of carbonyl (C=O) groups excluding carboxylic acids is 2. The van der Waals surface area contributed by atoms with Crippen molar-refractivity contribution in [2.24, 2.45) is 5.73 Å². The number of thiol groups is 1. The first kappa shape index (κ1) is 8.29. The first-order valence-electron chi connectivity index (χ1n) is 2.34. The minimum Gasteiger partial charge on any atom is -0.351 e. The molecule has 0 bridgehead atoms. The van der Waals surface area contributed by atoms with E-state index in [4.69, 9.17) is 5.73 Å². The molecule has 0 atom stereocenters. The maximum atomic E-state index is 10.2. The van der Waals surface area contributed by atoms with E-state index in [2.05, 4.69) is 12.6 Å². The second kappa shape index (κ2) is 4.20. The lowest BCUT2D eigenvalue weighted by Gasteiger charge is -2.08. The zero-order valence-electron chi connectivity index (χ0n) is 4.78. The van der Waals surface area contributed by atoms with Crippen LogP contribution in [0.1, 0.15) is 0 Å². The molecule has 0 rings (SSSR count). The van der Waals surface area contributed by atoms with E-state index >= 15 is 0 Å². The maximum Gasteiger partial charge on any atom is 0.321 e. The van der Waals surface area contributed by atoms with Gasteiger partial charge >= 0.3 is 6.03 Å². The number of hydrogen-bond acceptors (Lipinski definition) is 3. The Bertz CT molecular complexity index is 117. The van der Waals surface area contributed by atoms with Crippen LogP contribution in [0.4, 0.5) is 4.79 Å². The maximum absolute atomic E-state index is 10.2. The fourth-order valence-corrected chi connectivity index (χ4v) is 0.538. The summed E-state index contributed by atoms with van der Waals surface area (Å²) >= 11 is 3.80. The van der Waals surface area contributed by atoms with Crippen molar-refractivity contribution in [3.8, 4) is 0 Å². The summed E-state index contributed by atoms with van der Waals surface area (Å²) in [5.74, 6) is 0.432. The molecule has 2 N–H and O–H groups in total. The van der Waals surface area contributed by atoms with Gasteiger partial charge in [0.1, 0.15) is 0 Å². The van der Waals surface area contributed by atoms with Gasteiger partial charge in [0.15, 0.2) is 0 Å². The normalized spacial score (nSPS) is 8.56. The molecule has 0 aliphatic rings. The van der Waals surface area contributed by atoms with E-state index in [1.165, 1.54) is 0 Å². The molecule has 3 amide bonds. The van der Waals surface area contributed by atoms with Gasteiger partial charge in [-0.25, -0.2) is 4.79 Å². The number of primary amides is 1. The molecule has 0 fully saturated rings. The smallest absolute Gasteiger partial charge is 0.321 e. The minimum atomic E-state index is -0.737. The van der Waals surface area contributed by atoms with E-state index in [0.29, 0.717) is 12.2 Å². The molecule has 0 aliphatic heterocycles. The van der Waals surface area contributed by atoms with Crippen LogP contribution in [0.15, 0.2) is 0 Å². The van der Waals surface area contributed by atoms with E-state index < -0.39 is 6.03 Å². The summed E-state index contributed by atoms with van der Waals surface area (Å²) < 4.78 is 0. The Morgan fingerprint density at radius 1 is 1.78 bits per heavy atom. The van der Waals surface area contributed by atoms with Gasteiger partial charge in [-0.15, -0.1) is 0 Å². The monoisotopic (exact) mass is 148 g/mol. The highest BCUT2D eigenvalue weighted by Gasteiger charge is 2.04. The third-order valence-corrected chi connectivity index (χ3v) is 0.951. The fourth-order valence-electron chi connectivity index (χ4n) is 0.323. The van der Waals surface area contributed by atoms with Gasteiger partial charge in [-0.2, -0.15) is 12.6 Å². The average Bonchev–Trinajstić information content (AvgIpc) is 1.82. The van der Waals surface area contributed by atoms with Gasteiger partial charge in [0.25, 0.3) is 0 Å². The van der Waals surface area contributed by atoms with E-state index in [-0.39, 0.29) is 6.54 Å². The van der Waals surface area contributed by atoms with Crippen molar-refractivity contribution in [3.05, 3.63) is 0 Å². The average molecular weight is 148 g/mol. The highest BCUT2D eigenvalue weighted by Crippen LogP contribution is 1.82. The van der Waals surface area contributed by atoms with Crippen LogP contribution in [0.5, 0.6) is 0 Å². The van der Waals surface area contributed by atoms with Crippen molar-refractivity contribution >= 4 is 25.1 Å². The molecule has 0 aromatic heterocycles. The van der Waals surface area contributed by atoms with Crippen molar-refractivity contribution in [1.29, 1.82) is 0 Å². The van der Waals surface area contributed by atoms with Gasteiger partial charge in [0.2, 0.25) is 6.41 Å². The standard InChI is InChI=1S/C4H8N2O2S/c5-4(8)6(3-7)1-2-9/h3,9H,1-2H2,(H2,5,8). The molecule has 0 aliphatic carbocycles. The van der Waals surface area contributed by atoms with E-state index in [9.17, 15) is 9.59 Å². The first-order valence-corrected chi connectivity index (χ1v) is 2.98. The molecular weight excluding hydrogens is 140 g/mol. The SMILES string of the molecule is NC(=O)N(C=O)CCS. The Kier molecular flexibility index (Phi) is 3.87. The van der Waals surface area contributed by atoms with Gasteiger partial charge in [0.05, 0.1) is 0 Å². The zero-order valence-corrected chi connectivity index (χ0v) is 5.67. The molecule has 4 nitrogen and oxygen atoms in total. The van der Waals surface area contributed by atoms with Crippen LogP contribution < -0.4 is 5.73 Å². The number of imide groups is 1. The second-order valence-corrected chi connectivity index (χ2v) is 1.81. The molecule has 5 heteroatoms. The molecule has 0 spiro atoms. The molecule has 0 radical (unpaired) electrons. The number of hydrogen-bond donors (Lipinski definition) is 2. The number of nitrogens with two attached hydrogens (primary N) is 1. The summed E-state index contributed by atoms with van der Waals surface area (Å²) in [6.07, 6.45) is 0.387. The fraction of sp³-hybridized carbons (Fsp3) is 0.500. The Balaban J connectivity index is 3.68. The van der Waals surface area contributed by atoms with Gasteiger partial charge in [-0.3, -0.25) is 9.69 Å². The Morgan fingerprint density at radius 3 is 2.44 bits per heavy atom. The van der Waals surface area contributed by atoms with Gasteiger partial charge in [0, 0.05) is 12.3 Å². The number of carbonyl (C=O) groups is 2. The summed E-state index contributed by atoms with van der Waals surface area (Å²) in [6, 6.07) is -0.737. The van der Waals surface area contributed by atoms with Crippen LogP contribution in [0.3, 0.4) is 0 Å². The molecule has 9 heavy (non-hydrogen) atoms. The molecular formula is C4H8N2O2S. The third-order valence-electron chi connectivity index (χ3n) is 0.751. The van der Waals surface area contributed by atoms with Crippen LogP contribution in [-0.2, 0) is 4.79 Å². The van der Waals surface area contributed by atoms with Crippen LogP contribution in [0.25, 0.3) is 0 Å². The largest absolute Gasteiger partial charge is 0.351 e. The lowest BCUT2D eigenvalue weighted by Crippen LogP contribution is -2.35. The number of urea groups is 1. The van der Waals surface area contributed by atoms with E-state index in [0.717, 1.165) is 4.90 Å². The van der Waals surface area contributed by atoms with Crippen LogP contribution in [0, 0.1) is 0 Å². The molecule has 0 saturated carbocycles. The molecule has 0 aromatic carbocycles. The molecule has 0 aromatic rings. The lowest BCUT2D eigenvalue weighted by molar-refractivity contribution is -0.115. The van der Waals surface area contributed by atoms with Crippen LogP contribution in [-0.4, -0.2) is 29.6 Å². The van der Waals surface area contributed by atoms with Crippen molar-refractivity contribution in [2.45, 2.75) is 0 Å². The summed E-state index contributed by atoms with van der Waals surface area (Å²) in [4.78, 5) is 21.0. The molecule has 52 valence electrons. The third kappa shape index (κ3) is 2.97. The predicted octanol–water partition coefficient (Wildman–Crippen LogP) is -0.547. The minimum absolute atomic E-state index is 0.266. The second-order valence-electron chi connectivity index (χ2n) is 1.36. The first-order chi connectivity index (χ1) is 4.22. The highest BCUT2D eigenvalue weighted by molar-refractivity contribution is 7.80. The van der Waals surface area contributed by atoms with Crippen molar-refractivity contribution in [1.82, 2.24) is 4.90 Å². The lowest BCUT2D eigenvalue weighted by atomic mass is 10.6. The summed E-state index contributed by atoms with van der Waals surface area (Å²) in [6.45, 7) is 0.266. The number of amides is 3. The Labute approximate surface area is 58.4 Å².